The standard InChI is InChI=1S/C11H16N2O2/c12-4-10(5-14-6-10)11(7-15-8-11)9-2-1-3-13-9/h1-3,13H,4-8,12H2. The van der Waals surface area contributed by atoms with Gasteiger partial charge in [-0.05, 0) is 12.1 Å². The van der Waals surface area contributed by atoms with Gasteiger partial charge < -0.3 is 20.2 Å². The number of nitrogens with one attached hydrogen (secondary N) is 1. The van der Waals surface area contributed by atoms with Crippen LogP contribution < -0.4 is 5.73 Å². The van der Waals surface area contributed by atoms with E-state index in [2.05, 4.69) is 11.1 Å². The second-order valence-electron chi connectivity index (χ2n) is 4.64. The van der Waals surface area contributed by atoms with Gasteiger partial charge in [0.25, 0.3) is 0 Å². The zero-order valence-corrected chi connectivity index (χ0v) is 8.66. The van der Waals surface area contributed by atoms with Crippen molar-refractivity contribution in [1.29, 1.82) is 0 Å². The number of nitrogens with two attached hydrogens (primary N) is 1. The van der Waals surface area contributed by atoms with Crippen molar-refractivity contribution in [2.75, 3.05) is 33.0 Å². The van der Waals surface area contributed by atoms with Gasteiger partial charge in [-0.25, -0.2) is 0 Å². The van der Waals surface area contributed by atoms with E-state index < -0.39 is 0 Å². The molecule has 0 amide bonds. The van der Waals surface area contributed by atoms with Crippen LogP contribution in [0.25, 0.3) is 0 Å². The number of H-pyrrole nitrogens is 1. The first-order valence-corrected chi connectivity index (χ1v) is 5.32. The molecule has 3 heterocycles. The minimum absolute atomic E-state index is 0.0590. The van der Waals surface area contributed by atoms with Gasteiger partial charge in [0, 0.05) is 23.9 Å². The lowest BCUT2D eigenvalue weighted by Gasteiger charge is -2.58. The molecule has 3 N–H and O–H groups in total. The van der Waals surface area contributed by atoms with E-state index in [0.29, 0.717) is 6.54 Å². The van der Waals surface area contributed by atoms with Crippen molar-refractivity contribution < 1.29 is 9.47 Å². The van der Waals surface area contributed by atoms with E-state index in [1.54, 1.807) is 0 Å². The summed E-state index contributed by atoms with van der Waals surface area (Å²) in [6, 6.07) is 4.15. The third kappa shape index (κ3) is 1.02. The molecule has 0 atom stereocenters. The average molecular weight is 208 g/mol. The van der Waals surface area contributed by atoms with E-state index in [4.69, 9.17) is 15.2 Å². The Bertz CT molecular complexity index is 334. The van der Waals surface area contributed by atoms with Crippen LogP contribution in [0.2, 0.25) is 0 Å². The molecule has 0 bridgehead atoms. The van der Waals surface area contributed by atoms with E-state index in [0.717, 1.165) is 26.4 Å². The molecule has 0 unspecified atom stereocenters. The van der Waals surface area contributed by atoms with E-state index in [1.807, 2.05) is 12.3 Å². The van der Waals surface area contributed by atoms with Gasteiger partial charge in [0.2, 0.25) is 0 Å². The summed E-state index contributed by atoms with van der Waals surface area (Å²) in [6.45, 7) is 3.69. The molecule has 0 radical (unpaired) electrons. The summed E-state index contributed by atoms with van der Waals surface area (Å²) < 4.78 is 10.8. The van der Waals surface area contributed by atoms with Crippen LogP contribution in [0.15, 0.2) is 18.3 Å². The van der Waals surface area contributed by atoms with Crippen molar-refractivity contribution in [3.8, 4) is 0 Å². The van der Waals surface area contributed by atoms with Crippen LogP contribution in [0.1, 0.15) is 5.69 Å². The quantitative estimate of drug-likeness (QED) is 0.749. The molecule has 82 valence electrons. The largest absolute Gasteiger partial charge is 0.380 e. The van der Waals surface area contributed by atoms with Gasteiger partial charge in [0.15, 0.2) is 0 Å². The number of hydrogen-bond acceptors (Lipinski definition) is 3. The average Bonchev–Trinajstić information content (AvgIpc) is 2.60. The van der Waals surface area contributed by atoms with Crippen LogP contribution >= 0.6 is 0 Å². The van der Waals surface area contributed by atoms with Gasteiger partial charge >= 0.3 is 0 Å². The van der Waals surface area contributed by atoms with Gasteiger partial charge in [0.05, 0.1) is 31.8 Å². The Morgan fingerprint density at radius 2 is 2.00 bits per heavy atom. The molecule has 1 aromatic rings. The predicted molar refractivity (Wildman–Crippen MR) is 55.6 cm³/mol. The third-order valence-electron chi connectivity index (χ3n) is 3.97. The van der Waals surface area contributed by atoms with Gasteiger partial charge in [-0.1, -0.05) is 0 Å². The molecule has 4 heteroatoms. The fraction of sp³-hybridized carbons (Fsp3) is 0.636. The third-order valence-corrected chi connectivity index (χ3v) is 3.97. The summed E-state index contributed by atoms with van der Waals surface area (Å²) in [4.78, 5) is 3.30. The highest BCUT2D eigenvalue weighted by molar-refractivity contribution is 5.28. The Labute approximate surface area is 88.8 Å². The van der Waals surface area contributed by atoms with E-state index >= 15 is 0 Å². The van der Waals surface area contributed by atoms with E-state index in [9.17, 15) is 0 Å². The topological polar surface area (TPSA) is 60.3 Å². The molecule has 1 aromatic heterocycles. The molecule has 0 aliphatic carbocycles. The second kappa shape index (κ2) is 3.07. The first kappa shape index (κ1) is 9.39. The van der Waals surface area contributed by atoms with Crippen LogP contribution in [-0.2, 0) is 14.9 Å². The maximum absolute atomic E-state index is 5.92. The molecule has 2 aliphatic heterocycles. The van der Waals surface area contributed by atoms with Gasteiger partial charge in [-0.15, -0.1) is 0 Å². The summed E-state index contributed by atoms with van der Waals surface area (Å²) >= 11 is 0. The highest BCUT2D eigenvalue weighted by Gasteiger charge is 2.60. The zero-order chi connectivity index (χ0) is 10.4. The van der Waals surface area contributed by atoms with Crippen LogP contribution in [0.5, 0.6) is 0 Å². The molecule has 0 aromatic carbocycles. The Hall–Kier alpha value is -0.840. The van der Waals surface area contributed by atoms with Gasteiger partial charge in [-0.2, -0.15) is 0 Å². The molecular weight excluding hydrogens is 192 g/mol. The van der Waals surface area contributed by atoms with Crippen LogP contribution in [0.4, 0.5) is 0 Å². The number of hydrogen-bond donors (Lipinski definition) is 2. The number of aromatic nitrogens is 1. The molecule has 0 spiro atoms. The lowest BCUT2D eigenvalue weighted by Crippen LogP contribution is -2.69. The fourth-order valence-electron chi connectivity index (χ4n) is 2.62. The summed E-state index contributed by atoms with van der Waals surface area (Å²) in [5, 5.41) is 0. The summed E-state index contributed by atoms with van der Waals surface area (Å²) in [6.07, 6.45) is 1.96. The summed E-state index contributed by atoms with van der Waals surface area (Å²) in [5.41, 5.74) is 7.30. The number of ether oxygens (including phenoxy) is 2. The summed E-state index contributed by atoms with van der Waals surface area (Å²) in [7, 11) is 0. The minimum Gasteiger partial charge on any atom is -0.380 e. The summed E-state index contributed by atoms with van der Waals surface area (Å²) in [5.74, 6) is 0. The molecule has 2 saturated heterocycles. The van der Waals surface area contributed by atoms with Crippen molar-refractivity contribution in [1.82, 2.24) is 4.98 Å². The van der Waals surface area contributed by atoms with Gasteiger partial charge in [0.1, 0.15) is 0 Å². The first-order chi connectivity index (χ1) is 7.33. The lowest BCUT2D eigenvalue weighted by molar-refractivity contribution is -0.225. The zero-order valence-electron chi connectivity index (χ0n) is 8.66. The van der Waals surface area contributed by atoms with Crippen molar-refractivity contribution in [3.63, 3.8) is 0 Å². The minimum atomic E-state index is 0.0590. The number of rotatable bonds is 3. The lowest BCUT2D eigenvalue weighted by atomic mass is 9.59. The second-order valence-corrected chi connectivity index (χ2v) is 4.64. The first-order valence-electron chi connectivity index (χ1n) is 5.32. The van der Waals surface area contributed by atoms with Crippen LogP contribution in [-0.4, -0.2) is 38.0 Å². The van der Waals surface area contributed by atoms with Crippen molar-refractivity contribution in [2.24, 2.45) is 11.1 Å². The van der Waals surface area contributed by atoms with Crippen molar-refractivity contribution in [2.45, 2.75) is 5.41 Å². The van der Waals surface area contributed by atoms with E-state index in [-0.39, 0.29) is 10.8 Å². The highest BCUT2D eigenvalue weighted by Crippen LogP contribution is 2.50. The molecule has 2 fully saturated rings. The number of aromatic amines is 1. The van der Waals surface area contributed by atoms with Gasteiger partial charge in [-0.3, -0.25) is 0 Å². The predicted octanol–water partition coefficient (Wildman–Crippen LogP) is 0.258. The molecule has 0 saturated carbocycles. The van der Waals surface area contributed by atoms with E-state index in [1.165, 1.54) is 5.69 Å². The SMILES string of the molecule is NCC1(C2(c3ccc[nH]3)COC2)COC1. The normalized spacial score (nSPS) is 26.7. The highest BCUT2D eigenvalue weighted by atomic mass is 16.5. The molecule has 2 aliphatic rings. The maximum Gasteiger partial charge on any atom is 0.0683 e. The van der Waals surface area contributed by atoms with Crippen LogP contribution in [0.3, 0.4) is 0 Å². The Kier molecular flexibility index (Phi) is 1.92. The Balaban J connectivity index is 1.99. The monoisotopic (exact) mass is 208 g/mol. The molecule has 4 nitrogen and oxygen atoms in total. The smallest absolute Gasteiger partial charge is 0.0683 e. The Morgan fingerprint density at radius 1 is 1.27 bits per heavy atom. The maximum atomic E-state index is 5.92. The van der Waals surface area contributed by atoms with Crippen molar-refractivity contribution in [3.05, 3.63) is 24.0 Å². The fourth-order valence-corrected chi connectivity index (χ4v) is 2.62. The molecule has 15 heavy (non-hydrogen) atoms. The van der Waals surface area contributed by atoms with Crippen LogP contribution in [0, 0.1) is 5.41 Å². The Morgan fingerprint density at radius 3 is 2.33 bits per heavy atom. The van der Waals surface area contributed by atoms with Crippen molar-refractivity contribution >= 4 is 0 Å². The molecular formula is C11H16N2O2. The molecule has 3 rings (SSSR count).